The van der Waals surface area contributed by atoms with Crippen molar-refractivity contribution in [2.75, 3.05) is 26.8 Å². The summed E-state index contributed by atoms with van der Waals surface area (Å²) in [6.45, 7) is 8.62. The summed E-state index contributed by atoms with van der Waals surface area (Å²) in [4.78, 5) is 2.21. The van der Waals surface area contributed by atoms with Crippen LogP contribution in [0, 0.1) is 6.92 Å². The molecule has 0 radical (unpaired) electrons. The molecule has 0 saturated heterocycles. The van der Waals surface area contributed by atoms with E-state index in [1.807, 2.05) is 25.1 Å². The van der Waals surface area contributed by atoms with Crippen molar-refractivity contribution in [3.63, 3.8) is 0 Å². The molecule has 20 heavy (non-hydrogen) atoms. The van der Waals surface area contributed by atoms with E-state index in [4.69, 9.17) is 9.15 Å². The zero-order chi connectivity index (χ0) is 14.8. The lowest BCUT2D eigenvalue weighted by Gasteiger charge is -2.24. The van der Waals surface area contributed by atoms with Gasteiger partial charge in [-0.25, -0.2) is 0 Å². The molecule has 0 spiro atoms. The van der Waals surface area contributed by atoms with Crippen LogP contribution < -0.4 is 0 Å². The van der Waals surface area contributed by atoms with E-state index in [-0.39, 0.29) is 6.10 Å². The van der Waals surface area contributed by atoms with Gasteiger partial charge in [-0.1, -0.05) is 6.08 Å². The number of aliphatic hydroxyl groups is 1. The second-order valence-corrected chi connectivity index (χ2v) is 5.11. The molecule has 0 unspecified atom stereocenters. The first-order chi connectivity index (χ1) is 9.65. The van der Waals surface area contributed by atoms with Crippen molar-refractivity contribution < 1.29 is 14.3 Å². The SMILES string of the molecule is C=CCC[C@@H](O)CN(CCCOC)Cc1ccc(C)o1. The Morgan fingerprint density at radius 1 is 1.50 bits per heavy atom. The largest absolute Gasteiger partial charge is 0.465 e. The van der Waals surface area contributed by atoms with Gasteiger partial charge in [0.15, 0.2) is 0 Å². The molecule has 0 fully saturated rings. The van der Waals surface area contributed by atoms with E-state index in [1.54, 1.807) is 7.11 Å². The summed E-state index contributed by atoms with van der Waals surface area (Å²) in [5.74, 6) is 1.86. The maximum atomic E-state index is 10.0. The minimum atomic E-state index is -0.327. The molecule has 0 bridgehead atoms. The Labute approximate surface area is 122 Å². The Morgan fingerprint density at radius 3 is 2.90 bits per heavy atom. The number of nitrogens with zero attached hydrogens (tertiary/aromatic N) is 1. The first kappa shape index (κ1) is 17.0. The summed E-state index contributed by atoms with van der Waals surface area (Å²) in [7, 11) is 1.71. The molecule has 4 nitrogen and oxygen atoms in total. The van der Waals surface area contributed by atoms with Crippen molar-refractivity contribution >= 4 is 0 Å². The summed E-state index contributed by atoms with van der Waals surface area (Å²) < 4.78 is 10.7. The van der Waals surface area contributed by atoms with Gasteiger partial charge in [0, 0.05) is 26.8 Å². The van der Waals surface area contributed by atoms with Gasteiger partial charge in [-0.2, -0.15) is 0 Å². The molecule has 0 saturated carbocycles. The van der Waals surface area contributed by atoms with Crippen LogP contribution in [-0.2, 0) is 11.3 Å². The summed E-state index contributed by atoms with van der Waals surface area (Å²) in [5.41, 5.74) is 0. The number of hydrogen-bond donors (Lipinski definition) is 1. The Hall–Kier alpha value is -1.10. The van der Waals surface area contributed by atoms with E-state index < -0.39 is 0 Å². The number of hydrogen-bond acceptors (Lipinski definition) is 4. The van der Waals surface area contributed by atoms with Crippen LogP contribution in [0.5, 0.6) is 0 Å². The maximum absolute atomic E-state index is 10.0. The van der Waals surface area contributed by atoms with Gasteiger partial charge in [-0.05, 0) is 38.3 Å². The smallest absolute Gasteiger partial charge is 0.118 e. The predicted molar refractivity (Wildman–Crippen MR) is 80.7 cm³/mol. The maximum Gasteiger partial charge on any atom is 0.118 e. The third-order valence-corrected chi connectivity index (χ3v) is 3.17. The van der Waals surface area contributed by atoms with Crippen molar-refractivity contribution in [2.45, 2.75) is 38.8 Å². The van der Waals surface area contributed by atoms with Crippen molar-refractivity contribution in [1.29, 1.82) is 0 Å². The van der Waals surface area contributed by atoms with Gasteiger partial charge in [0.2, 0.25) is 0 Å². The van der Waals surface area contributed by atoms with Crippen LogP contribution in [-0.4, -0.2) is 42.9 Å². The van der Waals surface area contributed by atoms with Crippen LogP contribution in [0.3, 0.4) is 0 Å². The zero-order valence-electron chi connectivity index (χ0n) is 12.7. The van der Waals surface area contributed by atoms with Crippen molar-refractivity contribution in [2.24, 2.45) is 0 Å². The Morgan fingerprint density at radius 2 is 2.30 bits per heavy atom. The molecule has 0 aliphatic heterocycles. The molecule has 1 aromatic heterocycles. The minimum Gasteiger partial charge on any atom is -0.465 e. The highest BCUT2D eigenvalue weighted by Gasteiger charge is 2.13. The van der Waals surface area contributed by atoms with Crippen LogP contribution in [0.2, 0.25) is 0 Å². The van der Waals surface area contributed by atoms with E-state index in [1.165, 1.54) is 0 Å². The van der Waals surface area contributed by atoms with Gasteiger partial charge in [0.05, 0.1) is 12.6 Å². The van der Waals surface area contributed by atoms with E-state index >= 15 is 0 Å². The standard InChI is InChI=1S/C16H27NO3/c1-4-5-7-15(18)12-17(10-6-11-19-3)13-16-9-8-14(2)20-16/h4,8-9,15,18H,1,5-7,10-13H2,2-3H3/t15-/m1/s1. The number of rotatable bonds is 11. The molecular formula is C16H27NO3. The zero-order valence-corrected chi connectivity index (χ0v) is 12.7. The molecule has 4 heteroatoms. The number of aryl methyl sites for hydroxylation is 1. The van der Waals surface area contributed by atoms with Crippen molar-refractivity contribution in [3.05, 3.63) is 36.3 Å². The number of ether oxygens (including phenoxy) is 1. The number of allylic oxidation sites excluding steroid dienone is 1. The quantitative estimate of drug-likeness (QED) is 0.500. The monoisotopic (exact) mass is 281 g/mol. The molecule has 1 heterocycles. The first-order valence-corrected chi connectivity index (χ1v) is 7.21. The third kappa shape index (κ3) is 6.89. The second-order valence-electron chi connectivity index (χ2n) is 5.11. The molecule has 0 aliphatic rings. The molecule has 0 aliphatic carbocycles. The molecule has 1 N–H and O–H groups in total. The molecule has 114 valence electrons. The normalized spacial score (nSPS) is 12.8. The Balaban J connectivity index is 2.47. The van der Waals surface area contributed by atoms with Gasteiger partial charge < -0.3 is 14.3 Å². The first-order valence-electron chi connectivity index (χ1n) is 7.21. The molecule has 1 rings (SSSR count). The fourth-order valence-corrected chi connectivity index (χ4v) is 2.16. The summed E-state index contributed by atoms with van der Waals surface area (Å²) in [5, 5.41) is 10.0. The van der Waals surface area contributed by atoms with E-state index in [0.717, 1.165) is 50.5 Å². The fraction of sp³-hybridized carbons (Fsp3) is 0.625. The highest BCUT2D eigenvalue weighted by Crippen LogP contribution is 2.11. The average Bonchev–Trinajstić information content (AvgIpc) is 2.82. The van der Waals surface area contributed by atoms with Crippen LogP contribution >= 0.6 is 0 Å². The van der Waals surface area contributed by atoms with Gasteiger partial charge in [0.1, 0.15) is 11.5 Å². The molecule has 0 amide bonds. The van der Waals surface area contributed by atoms with Crippen LogP contribution in [0.1, 0.15) is 30.8 Å². The van der Waals surface area contributed by atoms with Crippen molar-refractivity contribution in [3.8, 4) is 0 Å². The Kier molecular flexibility index (Phi) is 8.26. The topological polar surface area (TPSA) is 45.8 Å². The van der Waals surface area contributed by atoms with Crippen LogP contribution in [0.15, 0.2) is 29.2 Å². The van der Waals surface area contributed by atoms with Gasteiger partial charge >= 0.3 is 0 Å². The molecule has 0 aromatic carbocycles. The molecule has 1 atom stereocenters. The average molecular weight is 281 g/mol. The lowest BCUT2D eigenvalue weighted by Crippen LogP contribution is -2.33. The molecule has 1 aromatic rings. The molecular weight excluding hydrogens is 254 g/mol. The van der Waals surface area contributed by atoms with E-state index in [9.17, 15) is 5.11 Å². The Bertz CT molecular complexity index is 376. The number of aliphatic hydroxyl groups excluding tert-OH is 1. The number of furan rings is 1. The highest BCUT2D eigenvalue weighted by molar-refractivity contribution is 5.05. The summed E-state index contributed by atoms with van der Waals surface area (Å²) in [6, 6.07) is 3.96. The van der Waals surface area contributed by atoms with Crippen LogP contribution in [0.25, 0.3) is 0 Å². The summed E-state index contributed by atoms with van der Waals surface area (Å²) in [6.07, 6.45) is 4.05. The second kappa shape index (κ2) is 9.75. The van der Waals surface area contributed by atoms with Gasteiger partial charge in [0.25, 0.3) is 0 Å². The highest BCUT2D eigenvalue weighted by atomic mass is 16.5. The minimum absolute atomic E-state index is 0.327. The van der Waals surface area contributed by atoms with Gasteiger partial charge in [-0.15, -0.1) is 6.58 Å². The van der Waals surface area contributed by atoms with E-state index in [0.29, 0.717) is 6.54 Å². The van der Waals surface area contributed by atoms with Crippen molar-refractivity contribution in [1.82, 2.24) is 4.90 Å². The van der Waals surface area contributed by atoms with E-state index in [2.05, 4.69) is 11.5 Å². The lowest BCUT2D eigenvalue weighted by molar-refractivity contribution is 0.0903. The van der Waals surface area contributed by atoms with Gasteiger partial charge in [-0.3, -0.25) is 4.90 Å². The fourth-order valence-electron chi connectivity index (χ4n) is 2.16. The lowest BCUT2D eigenvalue weighted by atomic mass is 10.2. The third-order valence-electron chi connectivity index (χ3n) is 3.17. The predicted octanol–water partition coefficient (Wildman–Crippen LogP) is 2.75. The van der Waals surface area contributed by atoms with Crippen LogP contribution in [0.4, 0.5) is 0 Å². The number of methoxy groups -OCH3 is 1. The summed E-state index contributed by atoms with van der Waals surface area (Å²) >= 11 is 0.